The highest BCUT2D eigenvalue weighted by molar-refractivity contribution is 5.92. The molecule has 1 amide bonds. The Bertz CT molecular complexity index is 361. The highest BCUT2D eigenvalue weighted by Gasteiger charge is 2.13. The molecule has 0 fully saturated rings. The van der Waals surface area contributed by atoms with E-state index in [2.05, 4.69) is 5.32 Å². The van der Waals surface area contributed by atoms with Crippen LogP contribution in [0.3, 0.4) is 0 Å². The van der Waals surface area contributed by atoms with Gasteiger partial charge in [-0.2, -0.15) is 0 Å². The van der Waals surface area contributed by atoms with Crippen LogP contribution in [-0.4, -0.2) is 5.91 Å². The second kappa shape index (κ2) is 4.66. The Morgan fingerprint density at radius 2 is 1.75 bits per heavy atom. The molecule has 3 N–H and O–H groups in total. The monoisotopic (exact) mass is 220 g/mol. The zero-order valence-electron chi connectivity index (χ0n) is 10.4. The molecule has 0 spiro atoms. The van der Waals surface area contributed by atoms with Gasteiger partial charge in [-0.15, -0.1) is 0 Å². The van der Waals surface area contributed by atoms with Crippen LogP contribution in [0.25, 0.3) is 0 Å². The number of nitrogens with two attached hydrogens (primary N) is 1. The molecule has 16 heavy (non-hydrogen) atoms. The van der Waals surface area contributed by atoms with Crippen LogP contribution in [0.1, 0.15) is 33.3 Å². The first-order valence-electron chi connectivity index (χ1n) is 5.51. The lowest BCUT2D eigenvalue weighted by Crippen LogP contribution is -2.28. The van der Waals surface area contributed by atoms with Crippen molar-refractivity contribution in [2.75, 3.05) is 5.32 Å². The third-order valence-electron chi connectivity index (χ3n) is 2.42. The molecule has 0 aliphatic heterocycles. The lowest BCUT2D eigenvalue weighted by molar-refractivity contribution is -0.118. The third-order valence-corrected chi connectivity index (χ3v) is 2.42. The summed E-state index contributed by atoms with van der Waals surface area (Å²) in [7, 11) is 0. The van der Waals surface area contributed by atoms with Crippen LogP contribution >= 0.6 is 0 Å². The minimum atomic E-state index is -0.347. The SMILES string of the molecule is CC(C)C(=O)Nc1ccc(C(C)(C)N)cc1. The fourth-order valence-electron chi connectivity index (χ4n) is 1.27. The Morgan fingerprint density at radius 1 is 1.25 bits per heavy atom. The summed E-state index contributed by atoms with van der Waals surface area (Å²) >= 11 is 0. The van der Waals surface area contributed by atoms with E-state index in [4.69, 9.17) is 5.73 Å². The molecule has 0 aliphatic rings. The van der Waals surface area contributed by atoms with Gasteiger partial charge in [0.15, 0.2) is 0 Å². The van der Waals surface area contributed by atoms with Crippen molar-refractivity contribution in [3.8, 4) is 0 Å². The van der Waals surface area contributed by atoms with Crippen LogP contribution < -0.4 is 11.1 Å². The van der Waals surface area contributed by atoms with Crippen LogP contribution in [0.15, 0.2) is 24.3 Å². The molecule has 0 bridgehead atoms. The number of hydrogen-bond donors (Lipinski definition) is 2. The number of amides is 1. The van der Waals surface area contributed by atoms with Gasteiger partial charge in [0, 0.05) is 17.1 Å². The van der Waals surface area contributed by atoms with Gasteiger partial charge in [0.1, 0.15) is 0 Å². The van der Waals surface area contributed by atoms with E-state index in [0.717, 1.165) is 11.3 Å². The van der Waals surface area contributed by atoms with E-state index in [-0.39, 0.29) is 17.4 Å². The van der Waals surface area contributed by atoms with Crippen LogP contribution in [-0.2, 0) is 10.3 Å². The molecule has 0 saturated carbocycles. The van der Waals surface area contributed by atoms with Gasteiger partial charge in [0.25, 0.3) is 0 Å². The third kappa shape index (κ3) is 3.35. The second-order valence-corrected chi connectivity index (χ2v) is 4.94. The van der Waals surface area contributed by atoms with E-state index in [0.29, 0.717) is 0 Å². The van der Waals surface area contributed by atoms with Crippen molar-refractivity contribution < 1.29 is 4.79 Å². The summed E-state index contributed by atoms with van der Waals surface area (Å²) in [5, 5.41) is 2.84. The highest BCUT2D eigenvalue weighted by Crippen LogP contribution is 2.19. The zero-order valence-corrected chi connectivity index (χ0v) is 10.4. The van der Waals surface area contributed by atoms with Crippen molar-refractivity contribution in [2.45, 2.75) is 33.2 Å². The standard InChI is InChI=1S/C13H20N2O/c1-9(2)12(16)15-11-7-5-10(6-8-11)13(3,4)14/h5-9H,14H2,1-4H3,(H,15,16). The van der Waals surface area contributed by atoms with Crippen molar-refractivity contribution in [3.63, 3.8) is 0 Å². The molecular weight excluding hydrogens is 200 g/mol. The maximum absolute atomic E-state index is 11.5. The van der Waals surface area contributed by atoms with Crippen molar-refractivity contribution in [1.82, 2.24) is 0 Å². The van der Waals surface area contributed by atoms with Gasteiger partial charge in [0.05, 0.1) is 0 Å². The summed E-state index contributed by atoms with van der Waals surface area (Å²) in [4.78, 5) is 11.5. The molecule has 0 aromatic heterocycles. The Balaban J connectivity index is 2.76. The molecule has 3 heteroatoms. The van der Waals surface area contributed by atoms with Gasteiger partial charge in [0.2, 0.25) is 5.91 Å². The van der Waals surface area contributed by atoms with Gasteiger partial charge >= 0.3 is 0 Å². The van der Waals surface area contributed by atoms with Crippen LogP contribution in [0, 0.1) is 5.92 Å². The van der Waals surface area contributed by atoms with E-state index in [1.165, 1.54) is 0 Å². The van der Waals surface area contributed by atoms with Gasteiger partial charge in [-0.05, 0) is 31.5 Å². The van der Waals surface area contributed by atoms with E-state index in [1.54, 1.807) is 0 Å². The number of rotatable bonds is 3. The Kier molecular flexibility index (Phi) is 3.70. The molecule has 0 unspecified atom stereocenters. The van der Waals surface area contributed by atoms with Gasteiger partial charge in [-0.25, -0.2) is 0 Å². The summed E-state index contributed by atoms with van der Waals surface area (Å²) in [5.41, 5.74) is 7.49. The average Bonchev–Trinajstić information content (AvgIpc) is 2.17. The number of benzene rings is 1. The fraction of sp³-hybridized carbons (Fsp3) is 0.462. The average molecular weight is 220 g/mol. The number of anilines is 1. The maximum atomic E-state index is 11.5. The molecular formula is C13H20N2O. The van der Waals surface area contributed by atoms with E-state index < -0.39 is 0 Å². The lowest BCUT2D eigenvalue weighted by atomic mass is 9.95. The first-order valence-corrected chi connectivity index (χ1v) is 5.51. The molecule has 3 nitrogen and oxygen atoms in total. The summed E-state index contributed by atoms with van der Waals surface area (Å²) in [5.74, 6) is 0.0189. The first-order chi connectivity index (χ1) is 7.30. The van der Waals surface area contributed by atoms with Crippen molar-refractivity contribution >= 4 is 11.6 Å². The van der Waals surface area contributed by atoms with Crippen LogP contribution in [0.4, 0.5) is 5.69 Å². The zero-order chi connectivity index (χ0) is 12.3. The minimum absolute atomic E-state index is 0.00868. The van der Waals surface area contributed by atoms with Crippen molar-refractivity contribution in [2.24, 2.45) is 11.7 Å². The summed E-state index contributed by atoms with van der Waals surface area (Å²) in [6.07, 6.45) is 0. The predicted octanol–water partition coefficient (Wildman–Crippen LogP) is 2.47. The normalized spacial score (nSPS) is 11.6. The predicted molar refractivity (Wildman–Crippen MR) is 67.1 cm³/mol. The van der Waals surface area contributed by atoms with Gasteiger partial charge in [-0.3, -0.25) is 4.79 Å². The number of carbonyl (C=O) groups excluding carboxylic acids is 1. The van der Waals surface area contributed by atoms with E-state index in [9.17, 15) is 4.79 Å². The highest BCUT2D eigenvalue weighted by atomic mass is 16.1. The smallest absolute Gasteiger partial charge is 0.226 e. The fourth-order valence-corrected chi connectivity index (χ4v) is 1.27. The maximum Gasteiger partial charge on any atom is 0.226 e. The van der Waals surface area contributed by atoms with E-state index in [1.807, 2.05) is 52.0 Å². The number of nitrogens with one attached hydrogen (secondary N) is 1. The number of hydrogen-bond acceptors (Lipinski definition) is 2. The summed E-state index contributed by atoms with van der Waals surface area (Å²) in [6, 6.07) is 7.64. The summed E-state index contributed by atoms with van der Waals surface area (Å²) < 4.78 is 0. The van der Waals surface area contributed by atoms with E-state index >= 15 is 0 Å². The topological polar surface area (TPSA) is 55.1 Å². The lowest BCUT2D eigenvalue weighted by Gasteiger charge is -2.19. The number of carbonyl (C=O) groups is 1. The molecule has 1 aromatic carbocycles. The van der Waals surface area contributed by atoms with Gasteiger partial charge < -0.3 is 11.1 Å². The molecule has 0 heterocycles. The molecule has 0 atom stereocenters. The molecule has 1 aromatic rings. The first kappa shape index (κ1) is 12.7. The molecule has 1 rings (SSSR count). The molecule has 0 aliphatic carbocycles. The molecule has 0 radical (unpaired) electrons. The van der Waals surface area contributed by atoms with Crippen molar-refractivity contribution in [3.05, 3.63) is 29.8 Å². The Labute approximate surface area is 97.0 Å². The molecule has 0 saturated heterocycles. The van der Waals surface area contributed by atoms with Gasteiger partial charge in [-0.1, -0.05) is 26.0 Å². The summed E-state index contributed by atoms with van der Waals surface area (Å²) in [6.45, 7) is 7.64. The Morgan fingerprint density at radius 3 is 2.12 bits per heavy atom. The quantitative estimate of drug-likeness (QED) is 0.822. The van der Waals surface area contributed by atoms with Crippen molar-refractivity contribution in [1.29, 1.82) is 0 Å². The minimum Gasteiger partial charge on any atom is -0.326 e. The largest absolute Gasteiger partial charge is 0.326 e. The van der Waals surface area contributed by atoms with Crippen LogP contribution in [0.5, 0.6) is 0 Å². The second-order valence-electron chi connectivity index (χ2n) is 4.94. The Hall–Kier alpha value is -1.35. The van der Waals surface area contributed by atoms with Crippen LogP contribution in [0.2, 0.25) is 0 Å². The molecule has 88 valence electrons.